The summed E-state index contributed by atoms with van der Waals surface area (Å²) >= 11 is 0. The number of nitro benzene ring substituents is 1. The predicted molar refractivity (Wildman–Crippen MR) is 76.4 cm³/mol. The Kier molecular flexibility index (Phi) is 5.95. The van der Waals surface area contributed by atoms with Crippen molar-refractivity contribution >= 4 is 24.1 Å². The Labute approximate surface area is 127 Å². The van der Waals surface area contributed by atoms with Crippen molar-refractivity contribution in [3.8, 4) is 11.5 Å². The first-order chi connectivity index (χ1) is 9.12. The lowest BCUT2D eigenvalue weighted by atomic mass is 9.81. The summed E-state index contributed by atoms with van der Waals surface area (Å²) in [5.41, 5.74) is 4.22. The Morgan fingerprint density at radius 1 is 1.43 bits per heavy atom. The van der Waals surface area contributed by atoms with Gasteiger partial charge in [0.25, 0.3) is 0 Å². The predicted octanol–water partition coefficient (Wildman–Crippen LogP) is 1.63. The molecule has 0 aliphatic carbocycles. The highest BCUT2D eigenvalue weighted by atomic mass is 35.5. The number of aromatic hydroxyl groups is 2. The van der Waals surface area contributed by atoms with Crippen molar-refractivity contribution < 1.29 is 24.7 Å². The van der Waals surface area contributed by atoms with Crippen molar-refractivity contribution in [2.75, 3.05) is 7.11 Å². The zero-order valence-corrected chi connectivity index (χ0v) is 12.5. The van der Waals surface area contributed by atoms with Crippen LogP contribution in [0.4, 0.5) is 5.69 Å². The molecule has 8 nitrogen and oxygen atoms in total. The molecular formula is C12H17ClN2O6. The highest BCUT2D eigenvalue weighted by molar-refractivity contribution is 5.85. The SMILES string of the molecule is COC(=O)C(C)(C)[C@@H](N)c1cc(O)c(O)c([N+](=O)[O-])c1.Cl. The average molecular weight is 321 g/mol. The van der Waals surface area contributed by atoms with Crippen LogP contribution in [-0.4, -0.2) is 28.2 Å². The molecule has 1 atom stereocenters. The van der Waals surface area contributed by atoms with Crippen LogP contribution in [0, 0.1) is 15.5 Å². The number of nitrogens with zero attached hydrogens (tertiary/aromatic N) is 1. The molecule has 0 saturated heterocycles. The van der Waals surface area contributed by atoms with Crippen LogP contribution in [0.2, 0.25) is 0 Å². The van der Waals surface area contributed by atoms with Gasteiger partial charge >= 0.3 is 11.7 Å². The summed E-state index contributed by atoms with van der Waals surface area (Å²) in [5, 5.41) is 29.7. The Bertz CT molecular complexity index is 561. The molecule has 1 aromatic rings. The quantitative estimate of drug-likeness (QED) is 0.332. The number of carbonyl (C=O) groups excluding carboxylic acids is 1. The number of rotatable bonds is 4. The lowest BCUT2D eigenvalue weighted by Crippen LogP contribution is -2.37. The lowest BCUT2D eigenvalue weighted by molar-refractivity contribution is -0.386. The van der Waals surface area contributed by atoms with E-state index in [4.69, 9.17) is 5.73 Å². The molecule has 0 unspecified atom stereocenters. The molecule has 4 N–H and O–H groups in total. The van der Waals surface area contributed by atoms with Gasteiger partial charge in [-0.2, -0.15) is 0 Å². The molecule has 0 fully saturated rings. The molecule has 1 aromatic carbocycles. The van der Waals surface area contributed by atoms with Gasteiger partial charge < -0.3 is 20.7 Å². The second kappa shape index (κ2) is 6.59. The number of phenols is 2. The highest BCUT2D eigenvalue weighted by Crippen LogP contribution is 2.41. The normalized spacial score (nSPS) is 12.2. The molecule has 0 aromatic heterocycles. The number of phenolic OH excluding ortho intramolecular Hbond substituents is 2. The van der Waals surface area contributed by atoms with Crippen molar-refractivity contribution in [3.63, 3.8) is 0 Å². The second-order valence-corrected chi connectivity index (χ2v) is 4.86. The third kappa shape index (κ3) is 3.53. The number of nitro groups is 1. The number of esters is 1. The second-order valence-electron chi connectivity index (χ2n) is 4.86. The van der Waals surface area contributed by atoms with Gasteiger partial charge in [-0.3, -0.25) is 14.9 Å². The first-order valence-electron chi connectivity index (χ1n) is 5.67. The fraction of sp³-hybridized carbons (Fsp3) is 0.417. The van der Waals surface area contributed by atoms with E-state index < -0.39 is 39.5 Å². The maximum Gasteiger partial charge on any atom is 0.314 e. The third-order valence-corrected chi connectivity index (χ3v) is 3.14. The van der Waals surface area contributed by atoms with Crippen LogP contribution < -0.4 is 5.73 Å². The van der Waals surface area contributed by atoms with Gasteiger partial charge in [-0.25, -0.2) is 0 Å². The first kappa shape index (κ1) is 18.9. The minimum atomic E-state index is -1.16. The van der Waals surface area contributed by atoms with E-state index in [1.807, 2.05) is 0 Å². The molecule has 0 spiro atoms. The van der Waals surface area contributed by atoms with Gasteiger partial charge in [-0.1, -0.05) is 0 Å². The standard InChI is InChI=1S/C12H16N2O6.ClH/c1-12(2,11(17)20-3)10(13)6-4-7(14(18)19)9(16)8(15)5-6;/h4-5,10,15-16H,13H2,1-3H3;1H/t10-;/m0./s1. The number of benzene rings is 1. The van der Waals surface area contributed by atoms with Crippen molar-refractivity contribution in [2.45, 2.75) is 19.9 Å². The average Bonchev–Trinajstić information content (AvgIpc) is 2.39. The molecule has 0 aliphatic heterocycles. The van der Waals surface area contributed by atoms with Crippen molar-refractivity contribution in [1.29, 1.82) is 0 Å². The molecule has 0 amide bonds. The number of halogens is 1. The zero-order valence-electron chi connectivity index (χ0n) is 11.7. The van der Waals surface area contributed by atoms with Crippen LogP contribution in [0.3, 0.4) is 0 Å². The van der Waals surface area contributed by atoms with E-state index in [2.05, 4.69) is 4.74 Å². The van der Waals surface area contributed by atoms with Crippen LogP contribution in [-0.2, 0) is 9.53 Å². The molecule has 0 heterocycles. The minimum absolute atomic E-state index is 0. The number of carbonyl (C=O) groups is 1. The van der Waals surface area contributed by atoms with Gasteiger partial charge in [0.15, 0.2) is 5.75 Å². The molecule has 1 rings (SSSR count). The van der Waals surface area contributed by atoms with Gasteiger partial charge in [0.2, 0.25) is 5.75 Å². The third-order valence-electron chi connectivity index (χ3n) is 3.14. The zero-order chi connectivity index (χ0) is 15.7. The van der Waals surface area contributed by atoms with Gasteiger partial charge in [-0.15, -0.1) is 12.4 Å². The summed E-state index contributed by atoms with van der Waals surface area (Å²) < 4.78 is 4.62. The largest absolute Gasteiger partial charge is 0.504 e. The van der Waals surface area contributed by atoms with Gasteiger partial charge in [0.05, 0.1) is 17.4 Å². The van der Waals surface area contributed by atoms with E-state index in [9.17, 15) is 25.1 Å². The summed E-state index contributed by atoms with van der Waals surface area (Å²) in [6, 6.07) is 1.14. The number of hydrogen-bond acceptors (Lipinski definition) is 7. The van der Waals surface area contributed by atoms with Gasteiger partial charge in [0, 0.05) is 12.1 Å². The van der Waals surface area contributed by atoms with Crippen LogP contribution in [0.5, 0.6) is 11.5 Å². The maximum atomic E-state index is 11.7. The van der Waals surface area contributed by atoms with E-state index in [-0.39, 0.29) is 18.0 Å². The summed E-state index contributed by atoms with van der Waals surface area (Å²) in [5.74, 6) is -2.12. The monoisotopic (exact) mass is 320 g/mol. The van der Waals surface area contributed by atoms with Crippen molar-refractivity contribution in [3.05, 3.63) is 27.8 Å². The maximum absolute atomic E-state index is 11.7. The van der Waals surface area contributed by atoms with E-state index in [1.165, 1.54) is 21.0 Å². The molecule has 118 valence electrons. The highest BCUT2D eigenvalue weighted by Gasteiger charge is 2.38. The van der Waals surface area contributed by atoms with Crippen LogP contribution >= 0.6 is 12.4 Å². The number of ether oxygens (including phenoxy) is 1. The van der Waals surface area contributed by atoms with Crippen LogP contribution in [0.1, 0.15) is 25.5 Å². The molecule has 0 radical (unpaired) electrons. The van der Waals surface area contributed by atoms with E-state index in [0.717, 1.165) is 12.1 Å². The minimum Gasteiger partial charge on any atom is -0.504 e. The molecular weight excluding hydrogens is 304 g/mol. The number of nitrogens with two attached hydrogens (primary N) is 1. The Morgan fingerprint density at radius 2 is 1.95 bits per heavy atom. The van der Waals surface area contributed by atoms with Crippen molar-refractivity contribution in [1.82, 2.24) is 0 Å². The smallest absolute Gasteiger partial charge is 0.314 e. The van der Waals surface area contributed by atoms with E-state index in [0.29, 0.717) is 0 Å². The Morgan fingerprint density at radius 3 is 2.38 bits per heavy atom. The molecule has 0 aliphatic rings. The summed E-state index contributed by atoms with van der Waals surface area (Å²) in [7, 11) is 1.20. The summed E-state index contributed by atoms with van der Waals surface area (Å²) in [6.07, 6.45) is 0. The van der Waals surface area contributed by atoms with Gasteiger partial charge in [0.1, 0.15) is 0 Å². The van der Waals surface area contributed by atoms with Crippen molar-refractivity contribution in [2.24, 2.45) is 11.1 Å². The van der Waals surface area contributed by atoms with Crippen LogP contribution in [0.15, 0.2) is 12.1 Å². The topological polar surface area (TPSA) is 136 Å². The Hall–Kier alpha value is -2.06. The molecule has 21 heavy (non-hydrogen) atoms. The van der Waals surface area contributed by atoms with Gasteiger partial charge in [-0.05, 0) is 25.5 Å². The fourth-order valence-electron chi connectivity index (χ4n) is 1.75. The number of methoxy groups -OCH3 is 1. The lowest BCUT2D eigenvalue weighted by Gasteiger charge is -2.28. The first-order valence-corrected chi connectivity index (χ1v) is 5.67. The fourth-order valence-corrected chi connectivity index (χ4v) is 1.75. The summed E-state index contributed by atoms with van der Waals surface area (Å²) in [4.78, 5) is 21.6. The van der Waals surface area contributed by atoms with E-state index >= 15 is 0 Å². The van der Waals surface area contributed by atoms with Crippen LogP contribution in [0.25, 0.3) is 0 Å². The van der Waals surface area contributed by atoms with E-state index in [1.54, 1.807) is 0 Å². The molecule has 0 bridgehead atoms. The summed E-state index contributed by atoms with van der Waals surface area (Å²) in [6.45, 7) is 3.03. The Balaban J connectivity index is 0.00000400. The number of hydrogen-bond donors (Lipinski definition) is 3. The molecule has 9 heteroatoms. The molecule has 0 saturated carbocycles.